The monoisotopic (exact) mass is 480 g/mol. The van der Waals surface area contributed by atoms with Crippen LogP contribution < -0.4 is 16.0 Å². The molecule has 0 aliphatic heterocycles. The lowest BCUT2D eigenvalue weighted by atomic mass is 10.2. The molecule has 0 atom stereocenters. The molecule has 7 heteroatoms. The Morgan fingerprint density at radius 3 is 2.77 bits per heavy atom. The number of halogens is 2. The molecule has 0 saturated heterocycles. The molecule has 22 heavy (non-hydrogen) atoms. The van der Waals surface area contributed by atoms with Gasteiger partial charge in [0.15, 0.2) is 5.96 Å². The molecule has 0 aromatic heterocycles. The summed E-state index contributed by atoms with van der Waals surface area (Å²) in [5.74, 6) is 0.615. The molecule has 1 rings (SSSR count). The molecule has 0 fully saturated rings. The maximum absolute atomic E-state index is 11.9. The summed E-state index contributed by atoms with van der Waals surface area (Å²) in [7, 11) is 0. The molecule has 1 amide bonds. The lowest BCUT2D eigenvalue weighted by Crippen LogP contribution is -2.38. The zero-order valence-corrected chi connectivity index (χ0v) is 16.5. The quantitative estimate of drug-likeness (QED) is 0.185. The highest BCUT2D eigenvalue weighted by Gasteiger charge is 2.04. The van der Waals surface area contributed by atoms with Gasteiger partial charge in [-0.25, -0.2) is 0 Å². The topological polar surface area (TPSA) is 65.5 Å². The molecule has 0 aliphatic carbocycles. The number of hydrogen-bond donors (Lipinski definition) is 3. The van der Waals surface area contributed by atoms with Crippen LogP contribution in [0.2, 0.25) is 0 Å². The summed E-state index contributed by atoms with van der Waals surface area (Å²) >= 11 is 3.35. The maximum Gasteiger partial charge on any atom is 0.251 e. The van der Waals surface area contributed by atoms with Crippen LogP contribution in [0.25, 0.3) is 0 Å². The van der Waals surface area contributed by atoms with Crippen LogP contribution in [-0.4, -0.2) is 38.0 Å². The first-order chi connectivity index (χ1) is 10.2. The van der Waals surface area contributed by atoms with Gasteiger partial charge < -0.3 is 16.0 Å². The molecule has 122 valence electrons. The Morgan fingerprint density at radius 2 is 2.14 bits per heavy atom. The zero-order chi connectivity index (χ0) is 15.5. The van der Waals surface area contributed by atoms with Crippen LogP contribution in [0.15, 0.2) is 46.4 Å². The molecule has 0 bridgehead atoms. The van der Waals surface area contributed by atoms with E-state index in [2.05, 4.69) is 43.5 Å². The van der Waals surface area contributed by atoms with Gasteiger partial charge >= 0.3 is 0 Å². The van der Waals surface area contributed by atoms with Gasteiger partial charge in [-0.3, -0.25) is 9.79 Å². The van der Waals surface area contributed by atoms with Gasteiger partial charge in [0.05, 0.1) is 6.54 Å². The van der Waals surface area contributed by atoms with Crippen molar-refractivity contribution < 1.29 is 4.79 Å². The summed E-state index contributed by atoms with van der Waals surface area (Å²) in [6, 6.07) is 7.28. The molecule has 1 aromatic carbocycles. The van der Waals surface area contributed by atoms with Gasteiger partial charge in [-0.05, 0) is 25.1 Å². The molecule has 0 heterocycles. The normalized spacial score (nSPS) is 10.4. The first kappa shape index (κ1) is 20.9. The van der Waals surface area contributed by atoms with Crippen molar-refractivity contribution >= 4 is 51.8 Å². The van der Waals surface area contributed by atoms with Gasteiger partial charge in [-0.15, -0.1) is 30.6 Å². The van der Waals surface area contributed by atoms with Crippen LogP contribution in [0.5, 0.6) is 0 Å². The van der Waals surface area contributed by atoms with E-state index in [1.165, 1.54) is 0 Å². The predicted molar refractivity (Wildman–Crippen MR) is 106 cm³/mol. The second-order valence-corrected chi connectivity index (χ2v) is 5.11. The first-order valence-corrected chi connectivity index (χ1v) is 7.63. The van der Waals surface area contributed by atoms with Crippen molar-refractivity contribution in [1.29, 1.82) is 0 Å². The fourth-order valence-electron chi connectivity index (χ4n) is 1.58. The van der Waals surface area contributed by atoms with Gasteiger partial charge in [0.2, 0.25) is 0 Å². The third-order valence-corrected chi connectivity index (χ3v) is 3.01. The van der Waals surface area contributed by atoms with Crippen LogP contribution in [-0.2, 0) is 0 Å². The highest BCUT2D eigenvalue weighted by Crippen LogP contribution is 2.11. The van der Waals surface area contributed by atoms with E-state index in [9.17, 15) is 4.79 Å². The van der Waals surface area contributed by atoms with E-state index in [-0.39, 0.29) is 29.9 Å². The van der Waals surface area contributed by atoms with Crippen molar-refractivity contribution in [2.24, 2.45) is 4.99 Å². The molecule has 0 unspecified atom stereocenters. The fraction of sp³-hybridized carbons (Fsp3) is 0.333. The highest BCUT2D eigenvalue weighted by atomic mass is 127. The van der Waals surface area contributed by atoms with E-state index >= 15 is 0 Å². The number of nitrogens with one attached hydrogen (secondary N) is 3. The number of rotatable bonds is 7. The van der Waals surface area contributed by atoms with Crippen molar-refractivity contribution in [1.82, 2.24) is 16.0 Å². The van der Waals surface area contributed by atoms with Crippen LogP contribution in [0.4, 0.5) is 0 Å². The second kappa shape index (κ2) is 12.5. The molecule has 0 aliphatic rings. The molecular weight excluding hydrogens is 459 g/mol. The summed E-state index contributed by atoms with van der Waals surface area (Å²) in [5.41, 5.74) is 0.630. The van der Waals surface area contributed by atoms with E-state index < -0.39 is 0 Å². The van der Waals surface area contributed by atoms with Gasteiger partial charge in [-0.1, -0.05) is 28.1 Å². The molecule has 0 radical (unpaired) electrons. The Bertz CT molecular complexity index is 508. The van der Waals surface area contributed by atoms with Gasteiger partial charge in [0.1, 0.15) is 0 Å². The molecule has 1 aromatic rings. The average molecular weight is 481 g/mol. The first-order valence-electron chi connectivity index (χ1n) is 6.84. The third kappa shape index (κ3) is 8.38. The molecule has 5 nitrogen and oxygen atoms in total. The van der Waals surface area contributed by atoms with E-state index in [0.29, 0.717) is 31.2 Å². The van der Waals surface area contributed by atoms with E-state index in [1.54, 1.807) is 18.2 Å². The van der Waals surface area contributed by atoms with E-state index in [1.807, 2.05) is 19.1 Å². The number of hydrogen-bond acceptors (Lipinski definition) is 2. The zero-order valence-electron chi connectivity index (χ0n) is 12.6. The predicted octanol–water partition coefficient (Wildman–Crippen LogP) is 2.54. The lowest BCUT2D eigenvalue weighted by molar-refractivity contribution is 0.0954. The number of carbonyl (C=O) groups excluding carboxylic acids is 1. The minimum absolute atomic E-state index is 0. The summed E-state index contributed by atoms with van der Waals surface area (Å²) in [6.45, 7) is 8.07. The number of aliphatic imine (C=N–C) groups is 1. The van der Waals surface area contributed by atoms with Gasteiger partial charge in [0, 0.05) is 29.7 Å². The van der Waals surface area contributed by atoms with Crippen LogP contribution in [0, 0.1) is 0 Å². The Labute approximate surface area is 157 Å². The number of carbonyl (C=O) groups is 1. The molecule has 0 spiro atoms. The fourth-order valence-corrected chi connectivity index (χ4v) is 1.98. The Kier molecular flexibility index (Phi) is 11.8. The largest absolute Gasteiger partial charge is 0.357 e. The van der Waals surface area contributed by atoms with Crippen LogP contribution in [0.1, 0.15) is 17.3 Å². The molecule has 3 N–H and O–H groups in total. The average Bonchev–Trinajstić information content (AvgIpc) is 2.48. The Morgan fingerprint density at radius 1 is 1.36 bits per heavy atom. The van der Waals surface area contributed by atoms with E-state index in [0.717, 1.165) is 11.0 Å². The van der Waals surface area contributed by atoms with Crippen LogP contribution >= 0.6 is 39.9 Å². The minimum atomic E-state index is -0.101. The summed E-state index contributed by atoms with van der Waals surface area (Å²) in [4.78, 5) is 16.3. The van der Waals surface area contributed by atoms with Gasteiger partial charge in [-0.2, -0.15) is 0 Å². The molecular formula is C15H22BrIN4O. The smallest absolute Gasteiger partial charge is 0.251 e. The number of amides is 1. The Balaban J connectivity index is 0.00000441. The minimum Gasteiger partial charge on any atom is -0.357 e. The van der Waals surface area contributed by atoms with Crippen molar-refractivity contribution in [3.8, 4) is 0 Å². The molecule has 0 saturated carbocycles. The van der Waals surface area contributed by atoms with Gasteiger partial charge in [0.25, 0.3) is 5.91 Å². The summed E-state index contributed by atoms with van der Waals surface area (Å²) in [5, 5.41) is 9.05. The van der Waals surface area contributed by atoms with Crippen molar-refractivity contribution in [3.63, 3.8) is 0 Å². The summed E-state index contributed by atoms with van der Waals surface area (Å²) < 4.78 is 0.885. The van der Waals surface area contributed by atoms with Crippen molar-refractivity contribution in [2.75, 3.05) is 26.2 Å². The highest BCUT2D eigenvalue weighted by molar-refractivity contribution is 14.0. The number of nitrogens with zero attached hydrogens (tertiary/aromatic N) is 1. The number of benzene rings is 1. The Hall–Kier alpha value is -1.09. The van der Waals surface area contributed by atoms with Crippen molar-refractivity contribution in [3.05, 3.63) is 47.0 Å². The third-order valence-electron chi connectivity index (χ3n) is 2.51. The summed E-state index contributed by atoms with van der Waals surface area (Å²) in [6.07, 6.45) is 1.77. The SMILES string of the molecule is C=CCNC(=NCCNC(=O)c1cccc(Br)c1)NCC.I. The van der Waals surface area contributed by atoms with Crippen molar-refractivity contribution in [2.45, 2.75) is 6.92 Å². The van der Waals surface area contributed by atoms with E-state index in [4.69, 9.17) is 0 Å². The standard InChI is InChI=1S/C15H21BrN4O.HI/c1-3-8-19-15(17-4-2)20-10-9-18-14(21)12-6-5-7-13(16)11-12;/h3,5-7,11H,1,4,8-10H2,2H3,(H,18,21)(H2,17,19,20);1H. The second-order valence-electron chi connectivity index (χ2n) is 4.20. The number of guanidine groups is 1. The maximum atomic E-state index is 11.9. The lowest BCUT2D eigenvalue weighted by Gasteiger charge is -2.09. The van der Waals surface area contributed by atoms with Crippen LogP contribution in [0.3, 0.4) is 0 Å².